The first-order chi connectivity index (χ1) is 18.8. The van der Waals surface area contributed by atoms with Crippen molar-refractivity contribution in [2.45, 2.75) is 0 Å². The van der Waals surface area contributed by atoms with E-state index >= 15 is 0 Å². The van der Waals surface area contributed by atoms with Gasteiger partial charge in [-0.05, 0) is 54.6 Å². The predicted octanol–water partition coefficient (Wildman–Crippen LogP) is 7.45. The van der Waals surface area contributed by atoms with E-state index in [0.29, 0.717) is 0 Å². The number of hydrogen-bond donors (Lipinski definition) is 0. The zero-order valence-corrected chi connectivity index (χ0v) is 23.6. The zero-order chi connectivity index (χ0) is 25.2. The molecule has 6 heteroatoms. The van der Waals surface area contributed by atoms with Crippen molar-refractivity contribution in [3.8, 4) is 11.4 Å². The molecule has 0 unspecified atom stereocenters. The fourth-order valence-electron chi connectivity index (χ4n) is 5.94. The van der Waals surface area contributed by atoms with Gasteiger partial charge in [-0.25, -0.2) is 4.98 Å². The Hall–Kier alpha value is -4.34. The molecule has 1 aliphatic rings. The number of para-hydroxylation sites is 2. The summed E-state index contributed by atoms with van der Waals surface area (Å²) in [6, 6.07) is 37.0. The molecule has 0 atom stereocenters. The molecule has 0 fully saturated rings. The summed E-state index contributed by atoms with van der Waals surface area (Å²) < 4.78 is 4.68. The van der Waals surface area contributed by atoms with E-state index in [4.69, 9.17) is 4.98 Å². The minimum Gasteiger partial charge on any atom is -0.361 e. The van der Waals surface area contributed by atoms with Crippen LogP contribution in [0.2, 0.25) is 0 Å². The van der Waals surface area contributed by atoms with Gasteiger partial charge in [0.1, 0.15) is 5.65 Å². The maximum absolute atomic E-state index is 4.80. The maximum Gasteiger partial charge on any atom is 2.00 e. The predicted molar refractivity (Wildman–Crippen MR) is 157 cm³/mol. The van der Waals surface area contributed by atoms with Crippen LogP contribution in [0.1, 0.15) is 0 Å². The Morgan fingerprint density at radius 2 is 1.23 bits per heavy atom. The third-order valence-electron chi connectivity index (χ3n) is 7.65. The molecular formula is C33H25N5Pt+2. The standard InChI is InChI=1S/C33H25N5.Pt/c1-35-18-19-36(22-35)23-8-6-9-24(20-23)37-30-13-4-2-10-26(30)28-16-15-25(21-32(28)37)38-31-14-5-3-11-27(31)29-12-7-17-34-33(29)38;/h2-21H,22H2,1H3;/q;+2. The molecule has 7 aromatic rings. The van der Waals surface area contributed by atoms with E-state index in [0.717, 1.165) is 29.2 Å². The number of aromatic nitrogens is 3. The molecule has 0 bridgehead atoms. The van der Waals surface area contributed by atoms with Crippen molar-refractivity contribution in [1.29, 1.82) is 0 Å². The molecule has 0 N–H and O–H groups in total. The van der Waals surface area contributed by atoms with Gasteiger partial charge in [0.05, 0.1) is 23.2 Å². The summed E-state index contributed by atoms with van der Waals surface area (Å²) in [6.07, 6.45) is 6.13. The molecule has 8 rings (SSSR count). The average Bonchev–Trinajstić information content (AvgIpc) is 3.64. The van der Waals surface area contributed by atoms with Crippen LogP contribution in [0.5, 0.6) is 0 Å². The van der Waals surface area contributed by atoms with Gasteiger partial charge in [-0.1, -0.05) is 48.5 Å². The first kappa shape index (κ1) is 23.8. The van der Waals surface area contributed by atoms with Gasteiger partial charge in [0, 0.05) is 64.3 Å². The van der Waals surface area contributed by atoms with Gasteiger partial charge in [0.2, 0.25) is 0 Å². The summed E-state index contributed by atoms with van der Waals surface area (Å²) in [7, 11) is 2.10. The van der Waals surface area contributed by atoms with Crippen LogP contribution in [0.4, 0.5) is 5.69 Å². The Bertz CT molecular complexity index is 2000. The number of nitrogens with zero attached hydrogens (tertiary/aromatic N) is 5. The average molecular weight is 687 g/mol. The van der Waals surface area contributed by atoms with Crippen molar-refractivity contribution in [2.75, 3.05) is 18.6 Å². The Balaban J connectivity index is 0.00000253. The molecule has 0 amide bonds. The van der Waals surface area contributed by atoms with E-state index in [2.05, 4.69) is 135 Å². The van der Waals surface area contributed by atoms with E-state index in [1.165, 1.54) is 38.3 Å². The van der Waals surface area contributed by atoms with Crippen LogP contribution in [-0.4, -0.2) is 32.7 Å². The zero-order valence-electron chi connectivity index (χ0n) is 21.3. The van der Waals surface area contributed by atoms with Crippen LogP contribution in [0.3, 0.4) is 0 Å². The van der Waals surface area contributed by atoms with Crippen LogP contribution in [0.25, 0.3) is 55.1 Å². The summed E-state index contributed by atoms with van der Waals surface area (Å²) in [5, 5.41) is 4.87. The number of hydrogen-bond acceptors (Lipinski definition) is 3. The van der Waals surface area contributed by atoms with Gasteiger partial charge in [-0.15, -0.1) is 0 Å². The molecule has 0 radical (unpaired) electrons. The van der Waals surface area contributed by atoms with Gasteiger partial charge < -0.3 is 14.4 Å². The Kier molecular flexibility index (Phi) is 5.57. The van der Waals surface area contributed by atoms with E-state index in [9.17, 15) is 0 Å². The molecule has 0 aliphatic carbocycles. The normalized spacial score (nSPS) is 13.3. The Morgan fingerprint density at radius 1 is 0.564 bits per heavy atom. The van der Waals surface area contributed by atoms with Crippen LogP contribution in [0.15, 0.2) is 122 Å². The summed E-state index contributed by atoms with van der Waals surface area (Å²) >= 11 is 0. The van der Waals surface area contributed by atoms with Gasteiger partial charge in [-0.3, -0.25) is 4.57 Å². The molecule has 1 aliphatic heterocycles. The molecule has 4 aromatic carbocycles. The number of rotatable bonds is 3. The second-order valence-electron chi connectivity index (χ2n) is 9.97. The Morgan fingerprint density at radius 3 is 2.03 bits per heavy atom. The second-order valence-corrected chi connectivity index (χ2v) is 9.97. The second kappa shape index (κ2) is 9.14. The quantitative estimate of drug-likeness (QED) is 0.194. The first-order valence-electron chi connectivity index (χ1n) is 12.9. The number of anilines is 1. The molecule has 4 heterocycles. The van der Waals surface area contributed by atoms with Gasteiger partial charge in [0.15, 0.2) is 0 Å². The van der Waals surface area contributed by atoms with E-state index < -0.39 is 0 Å². The van der Waals surface area contributed by atoms with Crippen molar-refractivity contribution in [1.82, 2.24) is 19.0 Å². The SMILES string of the molecule is CN1C=CN(c2cccc(-n3c4ccccc4c4ccc(-n5c6ccccc6c6cccnc65)cc43)c2)C1.[Pt+2]. The molecule has 0 spiro atoms. The molecular weight excluding hydrogens is 661 g/mol. The summed E-state index contributed by atoms with van der Waals surface area (Å²) in [5.74, 6) is 0. The van der Waals surface area contributed by atoms with Gasteiger partial charge in [0.25, 0.3) is 0 Å². The number of benzene rings is 4. The number of fused-ring (bicyclic) bond motifs is 6. The van der Waals surface area contributed by atoms with E-state index in [1.807, 2.05) is 12.3 Å². The van der Waals surface area contributed by atoms with Gasteiger partial charge in [-0.2, -0.15) is 0 Å². The van der Waals surface area contributed by atoms with E-state index in [1.54, 1.807) is 0 Å². The topological polar surface area (TPSA) is 29.2 Å². The largest absolute Gasteiger partial charge is 2.00 e. The smallest absolute Gasteiger partial charge is 0.361 e. The summed E-state index contributed by atoms with van der Waals surface area (Å²) in [6.45, 7) is 0.849. The minimum absolute atomic E-state index is 0. The number of pyridine rings is 1. The molecule has 190 valence electrons. The van der Waals surface area contributed by atoms with E-state index in [-0.39, 0.29) is 21.1 Å². The molecule has 39 heavy (non-hydrogen) atoms. The van der Waals surface area contributed by atoms with Gasteiger partial charge >= 0.3 is 21.1 Å². The van der Waals surface area contributed by atoms with Crippen LogP contribution < -0.4 is 4.90 Å². The first-order valence-corrected chi connectivity index (χ1v) is 12.9. The van der Waals surface area contributed by atoms with Crippen LogP contribution in [0, 0.1) is 0 Å². The molecule has 0 saturated heterocycles. The Labute approximate surface area is 240 Å². The molecule has 3 aromatic heterocycles. The van der Waals surface area contributed by atoms with Crippen molar-refractivity contribution in [2.24, 2.45) is 0 Å². The summed E-state index contributed by atoms with van der Waals surface area (Å²) in [4.78, 5) is 9.25. The summed E-state index contributed by atoms with van der Waals surface area (Å²) in [5.41, 5.74) is 7.94. The minimum atomic E-state index is 0. The van der Waals surface area contributed by atoms with Crippen molar-refractivity contribution < 1.29 is 21.1 Å². The molecule has 0 saturated carbocycles. The van der Waals surface area contributed by atoms with Crippen LogP contribution >= 0.6 is 0 Å². The third-order valence-corrected chi connectivity index (χ3v) is 7.65. The monoisotopic (exact) mass is 686 g/mol. The maximum atomic E-state index is 4.80. The fourth-order valence-corrected chi connectivity index (χ4v) is 5.94. The van der Waals surface area contributed by atoms with Crippen molar-refractivity contribution >= 4 is 49.4 Å². The van der Waals surface area contributed by atoms with Crippen molar-refractivity contribution in [3.05, 3.63) is 122 Å². The third kappa shape index (κ3) is 3.61. The fraction of sp³-hybridized carbons (Fsp3) is 0.0606. The van der Waals surface area contributed by atoms with Crippen molar-refractivity contribution in [3.63, 3.8) is 0 Å². The van der Waals surface area contributed by atoms with Crippen LogP contribution in [-0.2, 0) is 21.1 Å². The molecule has 5 nitrogen and oxygen atoms in total.